The van der Waals surface area contributed by atoms with E-state index in [0.717, 1.165) is 0 Å². The molecule has 2 unspecified atom stereocenters. The molecule has 0 aliphatic rings. The molecule has 0 amide bonds. The van der Waals surface area contributed by atoms with E-state index in [-0.39, 0.29) is 17.3 Å². The monoisotopic (exact) mass is 319 g/mol. The number of hydrogen-bond donors (Lipinski definition) is 2. The lowest BCUT2D eigenvalue weighted by molar-refractivity contribution is -0.384. The lowest BCUT2D eigenvalue weighted by Gasteiger charge is -2.09. The van der Waals surface area contributed by atoms with Crippen LogP contribution < -0.4 is 0 Å². The Balaban J connectivity index is 2.51. The normalized spacial score (nSPS) is 14.6. The first-order chi connectivity index (χ1) is 10.8. The van der Waals surface area contributed by atoms with Crippen LogP contribution in [0, 0.1) is 10.1 Å². The summed E-state index contributed by atoms with van der Waals surface area (Å²) in [6.45, 7) is 4.67. The molecule has 2 atom stereocenters. The van der Waals surface area contributed by atoms with Crippen LogP contribution in [0.1, 0.15) is 50.2 Å². The number of nitrogens with zero attached hydrogens (tertiary/aromatic N) is 5. The van der Waals surface area contributed by atoms with E-state index in [2.05, 4.69) is 15.3 Å². The van der Waals surface area contributed by atoms with Crippen molar-refractivity contribution in [2.75, 3.05) is 0 Å². The molecule has 122 valence electrons. The van der Waals surface area contributed by atoms with Gasteiger partial charge in [0.05, 0.1) is 10.6 Å². The lowest BCUT2D eigenvalue weighted by atomic mass is 10.1. The predicted molar refractivity (Wildman–Crippen MR) is 82.0 cm³/mol. The van der Waals surface area contributed by atoms with Gasteiger partial charge in [0, 0.05) is 17.7 Å². The van der Waals surface area contributed by atoms with Crippen molar-refractivity contribution >= 4 is 11.4 Å². The topological polar surface area (TPSA) is 127 Å². The van der Waals surface area contributed by atoms with E-state index in [1.165, 1.54) is 30.7 Å². The fraction of sp³-hybridized carbons (Fsp3) is 0.357. The molecule has 2 aromatic rings. The van der Waals surface area contributed by atoms with Crippen LogP contribution in [-0.2, 0) is 0 Å². The molecule has 1 heterocycles. The Hall–Kier alpha value is -2.65. The quantitative estimate of drug-likeness (QED) is 0.489. The molecule has 2 rings (SSSR count). The van der Waals surface area contributed by atoms with Crippen LogP contribution in [0.4, 0.5) is 5.69 Å². The summed E-state index contributed by atoms with van der Waals surface area (Å²) >= 11 is 0. The highest BCUT2D eigenvalue weighted by Gasteiger charge is 2.19. The van der Waals surface area contributed by atoms with Gasteiger partial charge >= 0.3 is 0 Å². The third-order valence-corrected chi connectivity index (χ3v) is 3.16. The van der Waals surface area contributed by atoms with Gasteiger partial charge in [-0.1, -0.05) is 12.1 Å². The van der Waals surface area contributed by atoms with E-state index in [4.69, 9.17) is 0 Å². The number of rotatable bonds is 5. The second kappa shape index (κ2) is 6.63. The summed E-state index contributed by atoms with van der Waals surface area (Å²) in [5.41, 5.74) is 0.950. The summed E-state index contributed by atoms with van der Waals surface area (Å²) in [4.78, 5) is 10.4. The highest BCUT2D eigenvalue weighted by Crippen LogP contribution is 2.18. The molecule has 0 radical (unpaired) electrons. The van der Waals surface area contributed by atoms with E-state index in [0.29, 0.717) is 11.3 Å². The van der Waals surface area contributed by atoms with Gasteiger partial charge in [0.2, 0.25) is 0 Å². The van der Waals surface area contributed by atoms with Crippen LogP contribution in [-0.4, -0.2) is 35.7 Å². The molecule has 23 heavy (non-hydrogen) atoms. The van der Waals surface area contributed by atoms with E-state index >= 15 is 0 Å². The fourth-order valence-electron chi connectivity index (χ4n) is 1.98. The molecule has 0 spiro atoms. The van der Waals surface area contributed by atoms with Crippen molar-refractivity contribution in [3.05, 3.63) is 51.6 Å². The van der Waals surface area contributed by atoms with Gasteiger partial charge in [-0.15, -0.1) is 10.2 Å². The fourth-order valence-corrected chi connectivity index (χ4v) is 1.98. The number of nitro groups is 1. The Morgan fingerprint density at radius 1 is 1.26 bits per heavy atom. The maximum Gasteiger partial charge on any atom is 0.270 e. The number of benzene rings is 1. The number of aromatic nitrogens is 3. The van der Waals surface area contributed by atoms with Gasteiger partial charge in [-0.2, -0.15) is 9.78 Å². The van der Waals surface area contributed by atoms with Gasteiger partial charge in [0.15, 0.2) is 11.6 Å². The van der Waals surface area contributed by atoms with Crippen molar-refractivity contribution in [3.8, 4) is 0 Å². The molecule has 0 saturated heterocycles. The van der Waals surface area contributed by atoms with Crippen LogP contribution in [0.15, 0.2) is 29.4 Å². The molecule has 0 saturated carbocycles. The highest BCUT2D eigenvalue weighted by atomic mass is 16.6. The summed E-state index contributed by atoms with van der Waals surface area (Å²) in [6, 6.07) is 6.02. The van der Waals surface area contributed by atoms with Crippen LogP contribution >= 0.6 is 0 Å². The summed E-state index contributed by atoms with van der Waals surface area (Å²) in [7, 11) is 0. The third-order valence-electron chi connectivity index (χ3n) is 3.16. The minimum absolute atomic E-state index is 0.0488. The van der Waals surface area contributed by atoms with Gasteiger partial charge < -0.3 is 10.2 Å². The van der Waals surface area contributed by atoms with Gasteiger partial charge in [0.1, 0.15) is 12.2 Å². The minimum atomic E-state index is -0.934. The number of aliphatic hydroxyl groups is 2. The second-order valence-electron chi connectivity index (χ2n) is 5.07. The van der Waals surface area contributed by atoms with Crippen molar-refractivity contribution in [2.24, 2.45) is 5.10 Å². The van der Waals surface area contributed by atoms with Crippen molar-refractivity contribution in [3.63, 3.8) is 0 Å². The number of nitro benzene ring substituents is 1. The molecule has 9 nitrogen and oxygen atoms in total. The molecule has 0 fully saturated rings. The molecule has 1 aromatic carbocycles. The van der Waals surface area contributed by atoms with Crippen LogP contribution in [0.5, 0.6) is 0 Å². The number of hydrogen-bond acceptors (Lipinski definition) is 7. The Morgan fingerprint density at radius 2 is 1.83 bits per heavy atom. The second-order valence-corrected chi connectivity index (χ2v) is 5.07. The minimum Gasteiger partial charge on any atom is -0.385 e. The highest BCUT2D eigenvalue weighted by molar-refractivity contribution is 5.99. The van der Waals surface area contributed by atoms with Crippen molar-refractivity contribution in [1.29, 1.82) is 0 Å². The largest absolute Gasteiger partial charge is 0.385 e. The van der Waals surface area contributed by atoms with Crippen molar-refractivity contribution in [2.45, 2.75) is 33.0 Å². The van der Waals surface area contributed by atoms with Gasteiger partial charge in [-0.25, -0.2) is 0 Å². The SMILES string of the molecule is CC(=Nn1c(C(C)O)nnc1C(C)O)c1cccc([N+](=O)[O-])c1. The zero-order valence-electron chi connectivity index (χ0n) is 12.9. The maximum absolute atomic E-state index is 10.9. The Kier molecular flexibility index (Phi) is 4.82. The average Bonchev–Trinajstić information content (AvgIpc) is 2.91. The lowest BCUT2D eigenvalue weighted by Crippen LogP contribution is -2.10. The molecule has 0 aliphatic carbocycles. The van der Waals surface area contributed by atoms with Crippen LogP contribution in [0.3, 0.4) is 0 Å². The summed E-state index contributed by atoms with van der Waals surface area (Å²) < 4.78 is 1.25. The first kappa shape index (κ1) is 16.7. The zero-order valence-corrected chi connectivity index (χ0v) is 12.9. The molecule has 2 N–H and O–H groups in total. The Morgan fingerprint density at radius 3 is 2.30 bits per heavy atom. The van der Waals surface area contributed by atoms with Crippen molar-refractivity contribution < 1.29 is 15.1 Å². The molecule has 9 heteroatoms. The van der Waals surface area contributed by atoms with Crippen LogP contribution in [0.25, 0.3) is 0 Å². The predicted octanol–water partition coefficient (Wildman–Crippen LogP) is 1.57. The summed E-state index contributed by atoms with van der Waals surface area (Å²) in [5, 5.41) is 42.3. The van der Waals surface area contributed by atoms with Gasteiger partial charge in [-0.05, 0) is 20.8 Å². The zero-order chi connectivity index (χ0) is 17.1. The van der Waals surface area contributed by atoms with Crippen LogP contribution in [0.2, 0.25) is 0 Å². The maximum atomic E-state index is 10.9. The summed E-state index contributed by atoms with van der Waals surface area (Å²) in [6.07, 6.45) is -1.87. The van der Waals surface area contributed by atoms with E-state index in [1.807, 2.05) is 0 Å². The molecule has 0 aliphatic heterocycles. The average molecular weight is 319 g/mol. The standard InChI is InChI=1S/C14H17N5O4/c1-8(11-5-4-6-12(7-11)19(22)23)17-18-13(9(2)20)15-16-14(18)10(3)21/h4-7,9-10,20-21H,1-3H3. The van der Waals surface area contributed by atoms with E-state index in [1.54, 1.807) is 19.1 Å². The smallest absolute Gasteiger partial charge is 0.270 e. The Labute approximate surface area is 132 Å². The molecular formula is C14H17N5O4. The first-order valence-electron chi connectivity index (χ1n) is 6.93. The molecule has 0 bridgehead atoms. The molecule has 1 aromatic heterocycles. The van der Waals surface area contributed by atoms with E-state index in [9.17, 15) is 20.3 Å². The third kappa shape index (κ3) is 3.58. The van der Waals surface area contributed by atoms with Gasteiger partial charge in [-0.3, -0.25) is 10.1 Å². The van der Waals surface area contributed by atoms with Crippen molar-refractivity contribution in [1.82, 2.24) is 14.9 Å². The van der Waals surface area contributed by atoms with Gasteiger partial charge in [0.25, 0.3) is 5.69 Å². The Bertz CT molecular complexity index is 726. The molecular weight excluding hydrogens is 302 g/mol. The first-order valence-corrected chi connectivity index (χ1v) is 6.93. The van der Waals surface area contributed by atoms with E-state index < -0.39 is 17.1 Å². The summed E-state index contributed by atoms with van der Waals surface area (Å²) in [5.74, 6) is 0.344. The number of non-ortho nitro benzene ring substituents is 1. The number of aliphatic hydroxyl groups excluding tert-OH is 2.